The normalized spacial score (nSPS) is 8.40. The van der Waals surface area contributed by atoms with Gasteiger partial charge in [-0.2, -0.15) is 0 Å². The third-order valence-electron chi connectivity index (χ3n) is 1.51. The van der Waals surface area contributed by atoms with Gasteiger partial charge in [0, 0.05) is 13.2 Å². The topological polar surface area (TPSA) is 52.5 Å². The van der Waals surface area contributed by atoms with Crippen molar-refractivity contribution in [3.05, 3.63) is 0 Å². The highest BCUT2D eigenvalue weighted by Crippen LogP contribution is 1.95. The Balaban J connectivity index is -0.000000158. The van der Waals surface area contributed by atoms with Crippen molar-refractivity contribution in [2.45, 2.75) is 53.4 Å². The molecule has 15 heavy (non-hydrogen) atoms. The largest absolute Gasteiger partial charge is 0.397 e. The van der Waals surface area contributed by atoms with E-state index in [1.165, 1.54) is 19.3 Å². The summed E-state index contributed by atoms with van der Waals surface area (Å²) >= 11 is 0. The zero-order valence-electron chi connectivity index (χ0n) is 11.1. The van der Waals surface area contributed by atoms with E-state index in [4.69, 9.17) is 10.2 Å². The van der Waals surface area contributed by atoms with E-state index in [0.717, 1.165) is 19.5 Å². The minimum absolute atomic E-state index is 0.250. The van der Waals surface area contributed by atoms with Crippen LogP contribution in [0.4, 0.5) is 0 Å². The van der Waals surface area contributed by atoms with Gasteiger partial charge in [-0.1, -0.05) is 40.0 Å². The van der Waals surface area contributed by atoms with Crippen molar-refractivity contribution in [2.75, 3.05) is 26.3 Å². The van der Waals surface area contributed by atoms with Gasteiger partial charge in [-0.3, -0.25) is 0 Å². The van der Waals surface area contributed by atoms with Crippen molar-refractivity contribution < 1.29 is 10.2 Å². The molecule has 96 valence electrons. The first-order valence-corrected chi connectivity index (χ1v) is 6.17. The molecule has 3 heteroatoms. The third kappa shape index (κ3) is 56.7. The fraction of sp³-hybridized carbons (Fsp3) is 1.00. The van der Waals surface area contributed by atoms with Crippen molar-refractivity contribution in [3.63, 3.8) is 0 Å². The molecule has 0 fully saturated rings. The summed E-state index contributed by atoms with van der Waals surface area (Å²) in [6.45, 7) is 10.8. The summed E-state index contributed by atoms with van der Waals surface area (Å²) in [4.78, 5) is 0. The van der Waals surface area contributed by atoms with Crippen molar-refractivity contribution in [1.29, 1.82) is 0 Å². The van der Waals surface area contributed by atoms with Crippen LogP contribution in [-0.4, -0.2) is 36.5 Å². The lowest BCUT2D eigenvalue weighted by Crippen LogP contribution is -2.09. The molecule has 0 aromatic rings. The molecule has 0 radical (unpaired) electrons. The molecule has 0 saturated heterocycles. The molecule has 0 unspecified atom stereocenters. The van der Waals surface area contributed by atoms with Gasteiger partial charge in [0.15, 0.2) is 0 Å². The van der Waals surface area contributed by atoms with E-state index < -0.39 is 0 Å². The molecule has 0 aliphatic rings. The van der Waals surface area contributed by atoms with Crippen LogP contribution in [0.25, 0.3) is 0 Å². The van der Waals surface area contributed by atoms with Crippen LogP contribution in [0.5, 0.6) is 0 Å². The van der Waals surface area contributed by atoms with Gasteiger partial charge in [0.1, 0.15) is 0 Å². The summed E-state index contributed by atoms with van der Waals surface area (Å²) in [6, 6.07) is 0. The first-order chi connectivity index (χ1) is 7.24. The van der Waals surface area contributed by atoms with Crippen molar-refractivity contribution in [1.82, 2.24) is 5.32 Å². The van der Waals surface area contributed by atoms with Gasteiger partial charge >= 0.3 is 0 Å². The maximum atomic E-state index is 8.29. The number of unbranched alkanes of at least 4 members (excludes halogenated alkanes) is 3. The highest BCUT2D eigenvalue weighted by Gasteiger charge is 1.80. The van der Waals surface area contributed by atoms with Gasteiger partial charge in [-0.05, 0) is 26.4 Å². The van der Waals surface area contributed by atoms with Crippen LogP contribution in [0.15, 0.2) is 0 Å². The van der Waals surface area contributed by atoms with Crippen molar-refractivity contribution in [2.24, 2.45) is 0 Å². The fourth-order valence-electron chi connectivity index (χ4n) is 0.789. The van der Waals surface area contributed by atoms with E-state index in [1.54, 1.807) is 6.92 Å². The summed E-state index contributed by atoms with van der Waals surface area (Å²) in [5.74, 6) is 0. The molecule has 0 atom stereocenters. The minimum Gasteiger partial charge on any atom is -0.397 e. The summed E-state index contributed by atoms with van der Waals surface area (Å²) in [5, 5.41) is 19.0. The molecule has 0 aliphatic carbocycles. The Hall–Kier alpha value is -0.120. The van der Waals surface area contributed by atoms with Crippen LogP contribution >= 0.6 is 0 Å². The van der Waals surface area contributed by atoms with Gasteiger partial charge in [0.05, 0.1) is 0 Å². The highest BCUT2D eigenvalue weighted by molar-refractivity contribution is 4.35. The molecular formula is C12H31NO2. The first-order valence-electron chi connectivity index (χ1n) is 6.17. The van der Waals surface area contributed by atoms with Crippen LogP contribution < -0.4 is 5.32 Å². The van der Waals surface area contributed by atoms with Crippen molar-refractivity contribution >= 4 is 0 Å². The van der Waals surface area contributed by atoms with Gasteiger partial charge in [-0.15, -0.1) is 0 Å². The number of rotatable bonds is 6. The maximum Gasteiger partial charge on any atom is 0.0431 e. The number of aliphatic hydroxyl groups is 2. The fourth-order valence-corrected chi connectivity index (χ4v) is 0.789. The van der Waals surface area contributed by atoms with Crippen LogP contribution in [0.3, 0.4) is 0 Å². The second kappa shape index (κ2) is 29.2. The molecule has 0 rings (SSSR count). The van der Waals surface area contributed by atoms with Crippen LogP contribution in [0.2, 0.25) is 0 Å². The SMILES string of the molecule is CCCCCCO.CCNCC.CCO. The molecule has 3 N–H and O–H groups in total. The Kier molecular flexibility index (Phi) is 39.5. The lowest BCUT2D eigenvalue weighted by atomic mass is 10.2. The molecule has 0 aromatic heterocycles. The van der Waals surface area contributed by atoms with Crippen LogP contribution in [-0.2, 0) is 0 Å². The second-order valence-electron chi connectivity index (χ2n) is 3.06. The van der Waals surface area contributed by atoms with E-state index in [9.17, 15) is 0 Å². The quantitative estimate of drug-likeness (QED) is 0.603. The molecule has 0 spiro atoms. The van der Waals surface area contributed by atoms with Crippen molar-refractivity contribution in [3.8, 4) is 0 Å². The molecule has 0 heterocycles. The third-order valence-corrected chi connectivity index (χ3v) is 1.51. The second-order valence-corrected chi connectivity index (χ2v) is 3.06. The zero-order chi connectivity index (χ0) is 12.4. The molecule has 0 aromatic carbocycles. The monoisotopic (exact) mass is 221 g/mol. The number of hydrogen-bond donors (Lipinski definition) is 3. The lowest BCUT2D eigenvalue weighted by molar-refractivity contribution is 0.283. The van der Waals surface area contributed by atoms with Crippen LogP contribution in [0.1, 0.15) is 53.4 Å². The molecule has 3 nitrogen and oxygen atoms in total. The van der Waals surface area contributed by atoms with E-state index in [2.05, 4.69) is 26.1 Å². The predicted octanol–water partition coefficient (Wildman–Crippen LogP) is 2.17. The van der Waals surface area contributed by atoms with Gasteiger partial charge in [0.25, 0.3) is 0 Å². The number of hydrogen-bond acceptors (Lipinski definition) is 3. The average molecular weight is 221 g/mol. The number of nitrogens with one attached hydrogen (secondary N) is 1. The Labute approximate surface area is 95.9 Å². The highest BCUT2D eigenvalue weighted by atomic mass is 16.3. The molecular weight excluding hydrogens is 190 g/mol. The summed E-state index contributed by atoms with van der Waals surface area (Å²) in [5.41, 5.74) is 0. The van der Waals surface area contributed by atoms with E-state index >= 15 is 0 Å². The molecule has 0 aliphatic heterocycles. The summed E-state index contributed by atoms with van der Waals surface area (Å²) < 4.78 is 0. The lowest BCUT2D eigenvalue weighted by Gasteiger charge is -1.90. The standard InChI is InChI=1S/C6H14O.C4H11N.C2H6O/c1-2-3-4-5-6-7;1-3-5-4-2;1-2-3/h7H,2-6H2,1H3;5H,3-4H2,1-2H3;3H,2H2,1H3. The summed E-state index contributed by atoms with van der Waals surface area (Å²) in [6.07, 6.45) is 4.68. The van der Waals surface area contributed by atoms with Crippen LogP contribution in [0, 0.1) is 0 Å². The predicted molar refractivity (Wildman–Crippen MR) is 68.2 cm³/mol. The smallest absolute Gasteiger partial charge is 0.0431 e. The average Bonchev–Trinajstić information content (AvgIpc) is 2.22. The Morgan fingerprint density at radius 1 is 0.800 bits per heavy atom. The van der Waals surface area contributed by atoms with E-state index in [1.807, 2.05) is 0 Å². The zero-order valence-corrected chi connectivity index (χ0v) is 11.1. The van der Waals surface area contributed by atoms with Gasteiger partial charge < -0.3 is 15.5 Å². The van der Waals surface area contributed by atoms with Gasteiger partial charge in [0.2, 0.25) is 0 Å². The maximum absolute atomic E-state index is 8.29. The Morgan fingerprint density at radius 2 is 1.27 bits per heavy atom. The number of aliphatic hydroxyl groups excluding tert-OH is 2. The Bertz CT molecular complexity index is 64.6. The first kappa shape index (κ1) is 20.3. The van der Waals surface area contributed by atoms with Gasteiger partial charge in [-0.25, -0.2) is 0 Å². The Morgan fingerprint density at radius 3 is 1.47 bits per heavy atom. The molecule has 0 saturated carbocycles. The molecule has 0 amide bonds. The van der Waals surface area contributed by atoms with E-state index in [0.29, 0.717) is 6.61 Å². The molecule has 0 bridgehead atoms. The van der Waals surface area contributed by atoms with E-state index in [-0.39, 0.29) is 6.61 Å². The summed E-state index contributed by atoms with van der Waals surface area (Å²) in [7, 11) is 0. The minimum atomic E-state index is 0.250.